The summed E-state index contributed by atoms with van der Waals surface area (Å²) in [6.07, 6.45) is 4.95. The van der Waals surface area contributed by atoms with Crippen molar-refractivity contribution < 1.29 is 0 Å². The van der Waals surface area contributed by atoms with Crippen LogP contribution in [0.3, 0.4) is 0 Å². The number of hydrogen-bond acceptors (Lipinski definition) is 1. The molecule has 19 heavy (non-hydrogen) atoms. The van der Waals surface area contributed by atoms with Gasteiger partial charge in [-0.25, -0.2) is 0 Å². The molecule has 2 unspecified atom stereocenters. The van der Waals surface area contributed by atoms with Gasteiger partial charge in [-0.1, -0.05) is 70.9 Å². The zero-order valence-electron chi connectivity index (χ0n) is 13.2. The minimum atomic E-state index is 0.613. The highest BCUT2D eigenvalue weighted by Gasteiger charge is 2.26. The first-order chi connectivity index (χ1) is 9.28. The molecule has 0 aliphatic rings. The molecule has 1 aromatic rings. The largest absolute Gasteiger partial charge is 0.313 e. The first-order valence-corrected chi connectivity index (χ1v) is 8.06. The minimum absolute atomic E-state index is 0.613. The highest BCUT2D eigenvalue weighted by atomic mass is 14.9. The van der Waals surface area contributed by atoms with Crippen LogP contribution in [-0.4, -0.2) is 12.6 Å². The molecule has 1 N–H and O–H groups in total. The molecule has 1 heteroatoms. The molecule has 108 valence electrons. The Balaban J connectivity index is 2.91. The van der Waals surface area contributed by atoms with E-state index in [9.17, 15) is 0 Å². The quantitative estimate of drug-likeness (QED) is 0.660. The van der Waals surface area contributed by atoms with Crippen molar-refractivity contribution in [3.05, 3.63) is 35.9 Å². The van der Waals surface area contributed by atoms with Gasteiger partial charge >= 0.3 is 0 Å². The van der Waals surface area contributed by atoms with Crippen molar-refractivity contribution >= 4 is 0 Å². The van der Waals surface area contributed by atoms with E-state index in [2.05, 4.69) is 63.3 Å². The van der Waals surface area contributed by atoms with E-state index in [1.165, 1.54) is 31.2 Å². The van der Waals surface area contributed by atoms with Crippen molar-refractivity contribution in [1.82, 2.24) is 5.32 Å². The molecule has 0 saturated heterocycles. The van der Waals surface area contributed by atoms with Crippen molar-refractivity contribution in [2.75, 3.05) is 6.54 Å². The SMILES string of the molecule is CCCNC(C(CC)CC)C(CC)c1ccccc1. The van der Waals surface area contributed by atoms with Crippen LogP contribution in [0.2, 0.25) is 0 Å². The predicted octanol–water partition coefficient (Wildman–Crippen LogP) is 4.98. The van der Waals surface area contributed by atoms with Crippen LogP contribution in [0.25, 0.3) is 0 Å². The fourth-order valence-electron chi connectivity index (χ4n) is 3.14. The summed E-state index contributed by atoms with van der Waals surface area (Å²) in [6, 6.07) is 11.6. The van der Waals surface area contributed by atoms with Gasteiger partial charge in [0, 0.05) is 6.04 Å². The second kappa shape index (κ2) is 9.14. The molecule has 2 atom stereocenters. The zero-order valence-corrected chi connectivity index (χ0v) is 13.2. The standard InChI is InChI=1S/C18H31N/c1-5-14-19-18(15(6-2)7-3)17(8-4)16-12-10-9-11-13-16/h9-13,15,17-19H,5-8,14H2,1-4H3. The van der Waals surface area contributed by atoms with Gasteiger partial charge < -0.3 is 5.32 Å². The maximum atomic E-state index is 3.82. The van der Waals surface area contributed by atoms with Gasteiger partial charge in [-0.2, -0.15) is 0 Å². The number of rotatable bonds is 9. The van der Waals surface area contributed by atoms with Gasteiger partial charge in [0.05, 0.1) is 0 Å². The van der Waals surface area contributed by atoms with Crippen molar-refractivity contribution in [1.29, 1.82) is 0 Å². The molecule has 0 radical (unpaired) electrons. The molecule has 0 fully saturated rings. The lowest BCUT2D eigenvalue weighted by Gasteiger charge is -2.34. The molecule has 0 heterocycles. The Kier molecular flexibility index (Phi) is 7.81. The van der Waals surface area contributed by atoms with Crippen LogP contribution < -0.4 is 5.32 Å². The Hall–Kier alpha value is -0.820. The third kappa shape index (κ3) is 4.65. The fraction of sp³-hybridized carbons (Fsp3) is 0.667. The number of benzene rings is 1. The average Bonchev–Trinajstić information content (AvgIpc) is 2.47. The topological polar surface area (TPSA) is 12.0 Å². The molecule has 1 aromatic carbocycles. The molecular formula is C18H31N. The van der Waals surface area contributed by atoms with E-state index in [4.69, 9.17) is 0 Å². The summed E-state index contributed by atoms with van der Waals surface area (Å²) in [5.74, 6) is 1.41. The first kappa shape index (κ1) is 16.2. The second-order valence-corrected chi connectivity index (χ2v) is 5.48. The summed E-state index contributed by atoms with van der Waals surface area (Å²) in [6.45, 7) is 10.4. The lowest BCUT2D eigenvalue weighted by molar-refractivity contribution is 0.285. The van der Waals surface area contributed by atoms with Crippen LogP contribution in [0.5, 0.6) is 0 Å². The summed E-state index contributed by atoms with van der Waals surface area (Å²) >= 11 is 0. The molecule has 0 amide bonds. The lowest BCUT2D eigenvalue weighted by Crippen LogP contribution is -2.41. The molecule has 0 spiro atoms. The van der Waals surface area contributed by atoms with Crippen LogP contribution in [0.15, 0.2) is 30.3 Å². The van der Waals surface area contributed by atoms with E-state index in [1.54, 1.807) is 0 Å². The van der Waals surface area contributed by atoms with Gasteiger partial charge in [-0.3, -0.25) is 0 Å². The van der Waals surface area contributed by atoms with Crippen LogP contribution in [-0.2, 0) is 0 Å². The molecule has 0 bridgehead atoms. The van der Waals surface area contributed by atoms with Gasteiger partial charge in [0.2, 0.25) is 0 Å². The molecule has 0 aliphatic carbocycles. The Labute approximate surface area is 119 Å². The van der Waals surface area contributed by atoms with Gasteiger partial charge in [-0.05, 0) is 36.8 Å². The Morgan fingerprint density at radius 2 is 1.53 bits per heavy atom. The predicted molar refractivity (Wildman–Crippen MR) is 85.6 cm³/mol. The zero-order chi connectivity index (χ0) is 14.1. The molecule has 0 aromatic heterocycles. The van der Waals surface area contributed by atoms with Gasteiger partial charge in [-0.15, -0.1) is 0 Å². The molecular weight excluding hydrogens is 230 g/mol. The van der Waals surface area contributed by atoms with Crippen molar-refractivity contribution in [3.63, 3.8) is 0 Å². The van der Waals surface area contributed by atoms with Crippen molar-refractivity contribution in [2.45, 2.75) is 65.3 Å². The monoisotopic (exact) mass is 261 g/mol. The third-order valence-corrected chi connectivity index (χ3v) is 4.29. The minimum Gasteiger partial charge on any atom is -0.313 e. The highest BCUT2D eigenvalue weighted by Crippen LogP contribution is 2.30. The molecule has 0 aliphatic heterocycles. The summed E-state index contributed by atoms with van der Waals surface area (Å²) in [7, 11) is 0. The van der Waals surface area contributed by atoms with Gasteiger partial charge in [0.25, 0.3) is 0 Å². The van der Waals surface area contributed by atoms with E-state index >= 15 is 0 Å². The smallest absolute Gasteiger partial charge is 0.0164 e. The first-order valence-electron chi connectivity index (χ1n) is 8.06. The number of nitrogens with one attached hydrogen (secondary N) is 1. The lowest BCUT2D eigenvalue weighted by atomic mass is 9.79. The fourth-order valence-corrected chi connectivity index (χ4v) is 3.14. The van der Waals surface area contributed by atoms with E-state index < -0.39 is 0 Å². The van der Waals surface area contributed by atoms with E-state index in [1.807, 2.05) is 0 Å². The maximum Gasteiger partial charge on any atom is 0.0164 e. The summed E-state index contributed by atoms with van der Waals surface area (Å²) < 4.78 is 0. The van der Waals surface area contributed by atoms with E-state index in [-0.39, 0.29) is 0 Å². The summed E-state index contributed by atoms with van der Waals surface area (Å²) in [5.41, 5.74) is 1.49. The normalized spacial score (nSPS) is 14.6. The number of hydrogen-bond donors (Lipinski definition) is 1. The average molecular weight is 261 g/mol. The van der Waals surface area contributed by atoms with Crippen LogP contribution in [0, 0.1) is 5.92 Å². The Morgan fingerprint density at radius 1 is 0.895 bits per heavy atom. The van der Waals surface area contributed by atoms with Gasteiger partial charge in [0.15, 0.2) is 0 Å². The molecule has 1 nitrogen and oxygen atoms in total. The highest BCUT2D eigenvalue weighted by molar-refractivity contribution is 5.21. The van der Waals surface area contributed by atoms with Gasteiger partial charge in [0.1, 0.15) is 0 Å². The Morgan fingerprint density at radius 3 is 2.00 bits per heavy atom. The Bertz CT molecular complexity index is 316. The van der Waals surface area contributed by atoms with E-state index in [0.717, 1.165) is 12.5 Å². The summed E-state index contributed by atoms with van der Waals surface area (Å²) in [4.78, 5) is 0. The molecule has 1 rings (SSSR count). The van der Waals surface area contributed by atoms with Crippen molar-refractivity contribution in [3.8, 4) is 0 Å². The van der Waals surface area contributed by atoms with Crippen LogP contribution >= 0.6 is 0 Å². The third-order valence-electron chi connectivity index (χ3n) is 4.29. The second-order valence-electron chi connectivity index (χ2n) is 5.48. The maximum absolute atomic E-state index is 3.82. The molecule has 0 saturated carbocycles. The summed E-state index contributed by atoms with van der Waals surface area (Å²) in [5, 5.41) is 3.82. The van der Waals surface area contributed by atoms with Crippen molar-refractivity contribution in [2.24, 2.45) is 5.92 Å². The van der Waals surface area contributed by atoms with Crippen LogP contribution in [0.4, 0.5) is 0 Å². The van der Waals surface area contributed by atoms with Crippen LogP contribution in [0.1, 0.15) is 64.9 Å². The van der Waals surface area contributed by atoms with E-state index in [0.29, 0.717) is 12.0 Å².